The van der Waals surface area contributed by atoms with E-state index in [0.29, 0.717) is 0 Å². The van der Waals surface area contributed by atoms with E-state index >= 15 is 0 Å². The van der Waals surface area contributed by atoms with Crippen LogP contribution in [0.2, 0.25) is 0 Å². The lowest BCUT2D eigenvalue weighted by molar-refractivity contribution is 0.354. The molecule has 0 radical (unpaired) electrons. The third kappa shape index (κ3) is 3.29. The van der Waals surface area contributed by atoms with Crippen LogP contribution in [-0.4, -0.2) is 19.2 Å². The predicted molar refractivity (Wildman–Crippen MR) is 114 cm³/mol. The second kappa shape index (κ2) is 7.69. The molecule has 1 unspecified atom stereocenters. The molecule has 0 spiro atoms. The first-order valence-corrected chi connectivity index (χ1v) is 9.32. The Morgan fingerprint density at radius 1 is 0.821 bits per heavy atom. The van der Waals surface area contributed by atoms with Gasteiger partial charge in [0, 0.05) is 27.8 Å². The Hall–Kier alpha value is -3.40. The standard InChI is InChI=1S/C24H24N2O2/c1-16-23(19-11-7-8-12-20(19)25-16)24(26-18-9-5-4-6-10-18)17-13-14-21(27-2)22(15-17)28-3/h4-15,24-26H,1-3H3. The molecule has 0 aliphatic rings. The molecule has 0 aliphatic carbocycles. The van der Waals surface area contributed by atoms with Gasteiger partial charge in [-0.3, -0.25) is 0 Å². The van der Waals surface area contributed by atoms with E-state index < -0.39 is 0 Å². The average Bonchev–Trinajstić information content (AvgIpc) is 3.08. The number of aromatic amines is 1. The van der Waals surface area contributed by atoms with Gasteiger partial charge in [-0.2, -0.15) is 0 Å². The van der Waals surface area contributed by atoms with Crippen LogP contribution in [0, 0.1) is 6.92 Å². The molecule has 4 aromatic rings. The van der Waals surface area contributed by atoms with Crippen LogP contribution in [0.15, 0.2) is 72.8 Å². The quantitative estimate of drug-likeness (QED) is 0.457. The Labute approximate surface area is 165 Å². The van der Waals surface area contributed by atoms with E-state index in [2.05, 4.69) is 59.7 Å². The van der Waals surface area contributed by atoms with E-state index in [4.69, 9.17) is 9.47 Å². The summed E-state index contributed by atoms with van der Waals surface area (Å²) in [5.41, 5.74) is 5.67. The van der Waals surface area contributed by atoms with Crippen molar-refractivity contribution in [3.05, 3.63) is 89.6 Å². The number of nitrogens with one attached hydrogen (secondary N) is 2. The Morgan fingerprint density at radius 2 is 1.54 bits per heavy atom. The first kappa shape index (κ1) is 18.0. The molecule has 1 atom stereocenters. The van der Waals surface area contributed by atoms with Gasteiger partial charge in [0.1, 0.15) is 0 Å². The third-order valence-corrected chi connectivity index (χ3v) is 5.06. The number of aryl methyl sites for hydroxylation is 1. The molecule has 28 heavy (non-hydrogen) atoms. The van der Waals surface area contributed by atoms with Crippen molar-refractivity contribution in [3.63, 3.8) is 0 Å². The van der Waals surface area contributed by atoms with Crippen LogP contribution in [-0.2, 0) is 0 Å². The number of para-hydroxylation sites is 2. The fraction of sp³-hybridized carbons (Fsp3) is 0.167. The second-order valence-corrected chi connectivity index (χ2v) is 6.77. The Kier molecular flexibility index (Phi) is 4.94. The van der Waals surface area contributed by atoms with Gasteiger partial charge in [-0.05, 0) is 42.8 Å². The minimum atomic E-state index is -0.0432. The van der Waals surface area contributed by atoms with Crippen LogP contribution in [0.4, 0.5) is 5.69 Å². The molecule has 0 fully saturated rings. The molecule has 0 saturated heterocycles. The summed E-state index contributed by atoms with van der Waals surface area (Å²) in [5.74, 6) is 1.44. The van der Waals surface area contributed by atoms with E-state index in [1.807, 2.05) is 30.3 Å². The highest BCUT2D eigenvalue weighted by atomic mass is 16.5. The minimum absolute atomic E-state index is 0.0432. The number of anilines is 1. The van der Waals surface area contributed by atoms with Crippen LogP contribution < -0.4 is 14.8 Å². The molecule has 4 rings (SSSR count). The molecule has 0 aliphatic heterocycles. The summed E-state index contributed by atoms with van der Waals surface area (Å²) in [6.45, 7) is 2.12. The number of aromatic nitrogens is 1. The van der Waals surface area contributed by atoms with Gasteiger partial charge in [0.15, 0.2) is 11.5 Å². The van der Waals surface area contributed by atoms with E-state index in [1.54, 1.807) is 14.2 Å². The zero-order valence-corrected chi connectivity index (χ0v) is 16.3. The minimum Gasteiger partial charge on any atom is -0.493 e. The molecule has 142 valence electrons. The van der Waals surface area contributed by atoms with Crippen molar-refractivity contribution >= 4 is 16.6 Å². The molecule has 0 saturated carbocycles. The molecule has 4 nitrogen and oxygen atoms in total. The molecule has 3 aromatic carbocycles. The number of hydrogen-bond donors (Lipinski definition) is 2. The lowest BCUT2D eigenvalue weighted by atomic mass is 9.95. The lowest BCUT2D eigenvalue weighted by Crippen LogP contribution is -2.13. The zero-order chi connectivity index (χ0) is 19.5. The average molecular weight is 372 g/mol. The molecule has 1 aromatic heterocycles. The number of hydrogen-bond acceptors (Lipinski definition) is 3. The third-order valence-electron chi connectivity index (χ3n) is 5.06. The molecule has 4 heteroatoms. The number of H-pyrrole nitrogens is 1. The maximum Gasteiger partial charge on any atom is 0.161 e. The topological polar surface area (TPSA) is 46.3 Å². The summed E-state index contributed by atoms with van der Waals surface area (Å²) in [7, 11) is 3.32. The number of benzene rings is 3. The maximum atomic E-state index is 5.55. The zero-order valence-electron chi connectivity index (χ0n) is 16.3. The van der Waals surface area contributed by atoms with Crippen LogP contribution in [0.5, 0.6) is 11.5 Å². The second-order valence-electron chi connectivity index (χ2n) is 6.77. The normalized spacial score (nSPS) is 12.0. The summed E-state index contributed by atoms with van der Waals surface area (Å²) in [4.78, 5) is 3.52. The van der Waals surface area contributed by atoms with Gasteiger partial charge < -0.3 is 19.8 Å². The van der Waals surface area contributed by atoms with Gasteiger partial charge in [-0.1, -0.05) is 42.5 Å². The number of fused-ring (bicyclic) bond motifs is 1. The van der Waals surface area contributed by atoms with Crippen molar-refractivity contribution < 1.29 is 9.47 Å². The maximum absolute atomic E-state index is 5.55. The highest BCUT2D eigenvalue weighted by molar-refractivity contribution is 5.86. The first-order valence-electron chi connectivity index (χ1n) is 9.32. The molecule has 0 amide bonds. The predicted octanol–water partition coefficient (Wildman–Crippen LogP) is 5.70. The van der Waals surface area contributed by atoms with E-state index in [1.165, 1.54) is 10.9 Å². The SMILES string of the molecule is COc1ccc(C(Nc2ccccc2)c2c(C)[nH]c3ccccc23)cc1OC. The Bertz CT molecular complexity index is 1090. The smallest absolute Gasteiger partial charge is 0.161 e. The van der Waals surface area contributed by atoms with Gasteiger partial charge in [-0.25, -0.2) is 0 Å². The van der Waals surface area contributed by atoms with E-state index in [9.17, 15) is 0 Å². The van der Waals surface area contributed by atoms with Gasteiger partial charge in [-0.15, -0.1) is 0 Å². The molecular formula is C24H24N2O2. The summed E-state index contributed by atoms with van der Waals surface area (Å²) < 4.78 is 11.0. The number of methoxy groups -OCH3 is 2. The fourth-order valence-corrected chi connectivity index (χ4v) is 3.73. The van der Waals surface area contributed by atoms with Gasteiger partial charge in [0.2, 0.25) is 0 Å². The summed E-state index contributed by atoms with van der Waals surface area (Å²) in [5, 5.41) is 4.91. The van der Waals surface area contributed by atoms with Crippen LogP contribution in [0.1, 0.15) is 22.9 Å². The monoisotopic (exact) mass is 372 g/mol. The van der Waals surface area contributed by atoms with Crippen molar-refractivity contribution in [1.82, 2.24) is 4.98 Å². The number of rotatable bonds is 6. The molecule has 1 heterocycles. The van der Waals surface area contributed by atoms with Crippen LogP contribution in [0.25, 0.3) is 10.9 Å². The molecular weight excluding hydrogens is 348 g/mol. The summed E-state index contributed by atoms with van der Waals surface area (Å²) in [6, 6.07) is 24.7. The van der Waals surface area contributed by atoms with Crippen molar-refractivity contribution in [2.24, 2.45) is 0 Å². The number of ether oxygens (including phenoxy) is 2. The van der Waals surface area contributed by atoms with Gasteiger partial charge in [0.25, 0.3) is 0 Å². The fourth-order valence-electron chi connectivity index (χ4n) is 3.73. The lowest BCUT2D eigenvalue weighted by Gasteiger charge is -2.22. The van der Waals surface area contributed by atoms with Crippen LogP contribution in [0.3, 0.4) is 0 Å². The highest BCUT2D eigenvalue weighted by Crippen LogP contribution is 2.38. The van der Waals surface area contributed by atoms with E-state index in [-0.39, 0.29) is 6.04 Å². The van der Waals surface area contributed by atoms with Crippen molar-refractivity contribution in [3.8, 4) is 11.5 Å². The molecule has 0 bridgehead atoms. The summed E-state index contributed by atoms with van der Waals surface area (Å²) in [6.07, 6.45) is 0. The Morgan fingerprint density at radius 3 is 2.29 bits per heavy atom. The highest BCUT2D eigenvalue weighted by Gasteiger charge is 2.22. The first-order chi connectivity index (χ1) is 13.7. The van der Waals surface area contributed by atoms with E-state index in [0.717, 1.165) is 34.0 Å². The van der Waals surface area contributed by atoms with Crippen molar-refractivity contribution in [2.75, 3.05) is 19.5 Å². The van der Waals surface area contributed by atoms with Gasteiger partial charge in [0.05, 0.1) is 20.3 Å². The largest absolute Gasteiger partial charge is 0.493 e. The van der Waals surface area contributed by atoms with Crippen LogP contribution >= 0.6 is 0 Å². The Balaban J connectivity index is 1.88. The van der Waals surface area contributed by atoms with Gasteiger partial charge >= 0.3 is 0 Å². The van der Waals surface area contributed by atoms with Crippen molar-refractivity contribution in [1.29, 1.82) is 0 Å². The summed E-state index contributed by atoms with van der Waals surface area (Å²) >= 11 is 0. The molecule has 2 N–H and O–H groups in total. The van der Waals surface area contributed by atoms with Crippen molar-refractivity contribution in [2.45, 2.75) is 13.0 Å².